The van der Waals surface area contributed by atoms with Crippen molar-refractivity contribution in [3.8, 4) is 11.1 Å². The van der Waals surface area contributed by atoms with Crippen LogP contribution in [0.3, 0.4) is 0 Å². The summed E-state index contributed by atoms with van der Waals surface area (Å²) in [4.78, 5) is 5.10. The van der Waals surface area contributed by atoms with E-state index in [0.29, 0.717) is 0 Å². The fraction of sp³-hybridized carbons (Fsp3) is 0.0769. The molecule has 0 saturated heterocycles. The molecule has 10 rings (SSSR count). The number of benzene rings is 6. The van der Waals surface area contributed by atoms with Gasteiger partial charge in [-0.2, -0.15) is 0 Å². The Morgan fingerprint density at radius 2 is 1.37 bits per heavy atom. The summed E-state index contributed by atoms with van der Waals surface area (Å²) in [6, 6.07) is 46.7. The van der Waals surface area contributed by atoms with E-state index in [2.05, 4.69) is 131 Å². The number of aryl methyl sites for hydroxylation is 1. The van der Waals surface area contributed by atoms with Crippen molar-refractivity contribution in [1.82, 2.24) is 0 Å². The number of para-hydroxylation sites is 2. The Bertz CT molecular complexity index is 2250. The highest BCUT2D eigenvalue weighted by atomic mass is 16.3. The van der Waals surface area contributed by atoms with E-state index in [1.54, 1.807) is 0 Å². The van der Waals surface area contributed by atoms with Crippen LogP contribution in [0.15, 0.2) is 132 Å². The first kappa shape index (κ1) is 23.4. The van der Waals surface area contributed by atoms with Gasteiger partial charge in [-0.3, -0.25) is 0 Å². The van der Waals surface area contributed by atoms with E-state index >= 15 is 0 Å². The molecule has 6 aromatic carbocycles. The third kappa shape index (κ3) is 3.15. The van der Waals surface area contributed by atoms with Crippen molar-refractivity contribution in [1.29, 1.82) is 0 Å². The topological polar surface area (TPSA) is 19.6 Å². The van der Waals surface area contributed by atoms with Crippen molar-refractivity contribution in [2.75, 3.05) is 16.3 Å². The summed E-state index contributed by atoms with van der Waals surface area (Å²) in [5, 5.41) is 2.30. The van der Waals surface area contributed by atoms with Gasteiger partial charge in [-0.1, -0.05) is 91.0 Å². The van der Waals surface area contributed by atoms with Gasteiger partial charge >= 0.3 is 0 Å². The second kappa shape index (κ2) is 8.65. The van der Waals surface area contributed by atoms with E-state index < -0.39 is 0 Å². The van der Waals surface area contributed by atoms with Crippen molar-refractivity contribution in [3.63, 3.8) is 0 Å². The third-order valence-electron chi connectivity index (χ3n) is 9.75. The van der Waals surface area contributed by atoms with Crippen LogP contribution in [0.5, 0.6) is 0 Å². The van der Waals surface area contributed by atoms with Gasteiger partial charge in [-0.25, -0.2) is 0 Å². The van der Waals surface area contributed by atoms with Crippen LogP contribution in [0, 0.1) is 0 Å². The van der Waals surface area contributed by atoms with Crippen molar-refractivity contribution in [3.05, 3.63) is 133 Å². The Morgan fingerprint density at radius 3 is 2.33 bits per heavy atom. The van der Waals surface area contributed by atoms with E-state index in [1.165, 1.54) is 62.2 Å². The molecule has 0 radical (unpaired) electrons. The first-order chi connectivity index (χ1) is 21.3. The number of hydrogen-bond acceptors (Lipinski definition) is 3. The summed E-state index contributed by atoms with van der Waals surface area (Å²) < 4.78 is 6.38. The van der Waals surface area contributed by atoms with Gasteiger partial charge in [0.25, 0.3) is 6.71 Å². The zero-order valence-electron chi connectivity index (χ0n) is 23.6. The Kier molecular flexibility index (Phi) is 4.70. The fourth-order valence-corrected chi connectivity index (χ4v) is 8.03. The van der Waals surface area contributed by atoms with Crippen molar-refractivity contribution in [2.45, 2.75) is 12.8 Å². The van der Waals surface area contributed by atoms with Gasteiger partial charge in [-0.05, 0) is 82.3 Å². The lowest BCUT2D eigenvalue weighted by Crippen LogP contribution is -2.62. The molecule has 1 aromatic heterocycles. The summed E-state index contributed by atoms with van der Waals surface area (Å²) in [5.41, 5.74) is 16.4. The zero-order chi connectivity index (χ0) is 28.1. The Morgan fingerprint density at radius 1 is 0.581 bits per heavy atom. The average molecular weight is 550 g/mol. The van der Waals surface area contributed by atoms with E-state index in [1.807, 2.05) is 6.07 Å². The highest BCUT2D eigenvalue weighted by Crippen LogP contribution is 2.46. The summed E-state index contributed by atoms with van der Waals surface area (Å²) in [5.74, 6) is 0. The average Bonchev–Trinajstić information content (AvgIpc) is 3.46. The van der Waals surface area contributed by atoms with Crippen molar-refractivity contribution < 1.29 is 4.42 Å². The van der Waals surface area contributed by atoms with E-state index in [9.17, 15) is 0 Å². The van der Waals surface area contributed by atoms with Crippen LogP contribution >= 0.6 is 0 Å². The van der Waals surface area contributed by atoms with Crippen LogP contribution < -0.4 is 26.2 Å². The monoisotopic (exact) mass is 550 g/mol. The van der Waals surface area contributed by atoms with Crippen molar-refractivity contribution in [2.24, 2.45) is 0 Å². The number of hydrogen-bond donors (Lipinski definition) is 0. The molecule has 0 fully saturated rings. The lowest BCUT2D eigenvalue weighted by Gasteiger charge is -2.46. The van der Waals surface area contributed by atoms with E-state index in [4.69, 9.17) is 4.42 Å². The molecule has 0 saturated carbocycles. The molecule has 4 heterocycles. The molecule has 0 amide bonds. The number of nitrogens with zero attached hydrogens (tertiary/aromatic N) is 2. The lowest BCUT2D eigenvalue weighted by atomic mass is 9.33. The van der Waals surface area contributed by atoms with Crippen LogP contribution in [0.4, 0.5) is 28.4 Å². The zero-order valence-corrected chi connectivity index (χ0v) is 23.6. The molecule has 0 aliphatic carbocycles. The van der Waals surface area contributed by atoms with Gasteiger partial charge in [0, 0.05) is 34.7 Å². The highest BCUT2D eigenvalue weighted by Gasteiger charge is 2.44. The van der Waals surface area contributed by atoms with Gasteiger partial charge in [0.05, 0.1) is 11.1 Å². The maximum Gasteiger partial charge on any atom is 0.252 e. The third-order valence-corrected chi connectivity index (χ3v) is 9.75. The number of anilines is 5. The fourth-order valence-electron chi connectivity index (χ4n) is 8.03. The van der Waals surface area contributed by atoms with Gasteiger partial charge in [0.15, 0.2) is 0 Å². The molecule has 202 valence electrons. The van der Waals surface area contributed by atoms with Gasteiger partial charge in [-0.15, -0.1) is 0 Å². The number of fused-ring (bicyclic) bond motifs is 7. The molecule has 3 aliphatic heterocycles. The van der Waals surface area contributed by atoms with Crippen molar-refractivity contribution >= 4 is 73.5 Å². The van der Waals surface area contributed by atoms with E-state index in [0.717, 1.165) is 40.6 Å². The second-order valence-corrected chi connectivity index (χ2v) is 12.0. The quantitative estimate of drug-likeness (QED) is 0.204. The summed E-state index contributed by atoms with van der Waals surface area (Å²) in [7, 11) is 0. The number of rotatable bonds is 2. The molecular formula is C39H27BN2O. The largest absolute Gasteiger partial charge is 0.456 e. The number of furan rings is 1. The predicted octanol–water partition coefficient (Wildman–Crippen LogP) is 7.95. The first-order valence-electron chi connectivity index (χ1n) is 15.3. The van der Waals surface area contributed by atoms with E-state index in [-0.39, 0.29) is 6.71 Å². The molecule has 0 bridgehead atoms. The van der Waals surface area contributed by atoms with Crippen LogP contribution in [0.1, 0.15) is 12.0 Å². The molecule has 3 aliphatic rings. The summed E-state index contributed by atoms with van der Waals surface area (Å²) in [6.07, 6.45) is 2.31. The standard InChI is InChI=1S/C39H27BN2O/c1-2-10-25(11-3-1)27-21-22-31-30(24-27)40-29-15-6-12-26-13-9-23-41(39(26)29)33-17-7-18-34(38(33)40)42(31)32-16-8-20-36-37(32)28-14-4-5-19-35(28)43-36/h1-8,10-12,14-22,24H,9,13,23H2. The van der Waals surface area contributed by atoms with Crippen LogP contribution in [0.2, 0.25) is 0 Å². The summed E-state index contributed by atoms with van der Waals surface area (Å²) in [6.45, 7) is 1.21. The molecular weight excluding hydrogens is 523 g/mol. The minimum atomic E-state index is 0.158. The van der Waals surface area contributed by atoms with Crippen LogP contribution in [-0.4, -0.2) is 13.3 Å². The van der Waals surface area contributed by atoms with Crippen LogP contribution in [-0.2, 0) is 6.42 Å². The molecule has 7 aromatic rings. The lowest BCUT2D eigenvalue weighted by molar-refractivity contribution is 0.669. The molecule has 3 nitrogen and oxygen atoms in total. The molecule has 0 unspecified atom stereocenters. The Labute approximate surface area is 250 Å². The Balaban J connectivity index is 1.32. The predicted molar refractivity (Wildman–Crippen MR) is 180 cm³/mol. The van der Waals surface area contributed by atoms with Gasteiger partial charge < -0.3 is 14.2 Å². The van der Waals surface area contributed by atoms with Gasteiger partial charge in [0.1, 0.15) is 11.2 Å². The SMILES string of the molecule is c1ccc(-c2ccc3c(c2)B2c4cccc5c4N(CCC5)c4cccc(c42)N3c2cccc3oc4ccccc4c23)cc1. The molecule has 4 heteroatoms. The minimum Gasteiger partial charge on any atom is -0.456 e. The molecule has 0 spiro atoms. The normalized spacial score (nSPS) is 14.6. The Hall–Kier alpha value is -5.22. The minimum absolute atomic E-state index is 0.158. The van der Waals surface area contributed by atoms with Crippen LogP contribution in [0.25, 0.3) is 33.1 Å². The maximum absolute atomic E-state index is 6.38. The maximum atomic E-state index is 6.38. The highest BCUT2D eigenvalue weighted by molar-refractivity contribution is 7.00. The van der Waals surface area contributed by atoms with Gasteiger partial charge in [0.2, 0.25) is 0 Å². The second-order valence-electron chi connectivity index (χ2n) is 12.0. The smallest absolute Gasteiger partial charge is 0.252 e. The molecule has 0 N–H and O–H groups in total. The molecule has 0 atom stereocenters. The summed E-state index contributed by atoms with van der Waals surface area (Å²) >= 11 is 0. The molecule has 43 heavy (non-hydrogen) atoms. The first-order valence-corrected chi connectivity index (χ1v) is 15.3.